The van der Waals surface area contributed by atoms with Crippen LogP contribution in [0.1, 0.15) is 34.3 Å². The number of nitrogens with zero attached hydrogens (tertiary/aromatic N) is 1. The van der Waals surface area contributed by atoms with Crippen molar-refractivity contribution in [2.24, 2.45) is 0 Å². The lowest BCUT2D eigenvalue weighted by Gasteiger charge is -2.23. The van der Waals surface area contributed by atoms with Gasteiger partial charge in [-0.25, -0.2) is 17.5 Å². The van der Waals surface area contributed by atoms with E-state index in [-0.39, 0.29) is 18.5 Å². The highest BCUT2D eigenvalue weighted by molar-refractivity contribution is 7.88. The maximum Gasteiger partial charge on any atom is 0.254 e. The lowest BCUT2D eigenvalue weighted by molar-refractivity contribution is 0.0728. The van der Waals surface area contributed by atoms with Gasteiger partial charge in [0.1, 0.15) is 5.82 Å². The molecule has 1 aliphatic rings. The minimum absolute atomic E-state index is 0.0989. The van der Waals surface area contributed by atoms with Gasteiger partial charge in [-0.2, -0.15) is 0 Å². The molecule has 0 unspecified atom stereocenters. The van der Waals surface area contributed by atoms with Crippen molar-refractivity contribution < 1.29 is 17.6 Å². The minimum atomic E-state index is -3.22. The monoisotopic (exact) mass is 424 g/mol. The van der Waals surface area contributed by atoms with Crippen LogP contribution in [-0.2, 0) is 23.0 Å². The molecule has 2 aromatic rings. The number of hydrogen-bond acceptors (Lipinski definition) is 3. The third kappa shape index (κ3) is 5.53. The number of carbonyl (C=O) groups is 1. The second kappa shape index (κ2) is 8.59. The third-order valence-corrected chi connectivity index (χ3v) is 5.70. The molecular weight excluding hydrogens is 403 g/mol. The molecule has 0 atom stereocenters. The summed E-state index contributed by atoms with van der Waals surface area (Å²) in [5, 5.41) is 0.312. The molecule has 1 N–H and O–H groups in total. The zero-order chi connectivity index (χ0) is 20.3. The first-order valence-electron chi connectivity index (χ1n) is 9.02. The van der Waals surface area contributed by atoms with Crippen molar-refractivity contribution in [2.45, 2.75) is 31.8 Å². The van der Waals surface area contributed by atoms with E-state index in [1.54, 1.807) is 41.3 Å². The third-order valence-electron chi connectivity index (χ3n) is 4.62. The van der Waals surface area contributed by atoms with Crippen LogP contribution >= 0.6 is 11.6 Å². The van der Waals surface area contributed by atoms with Crippen LogP contribution in [0.4, 0.5) is 4.39 Å². The van der Waals surface area contributed by atoms with E-state index in [2.05, 4.69) is 4.72 Å². The van der Waals surface area contributed by atoms with Crippen molar-refractivity contribution in [1.82, 2.24) is 9.62 Å². The van der Waals surface area contributed by atoms with Crippen LogP contribution in [-0.4, -0.2) is 38.1 Å². The van der Waals surface area contributed by atoms with Crippen LogP contribution in [0, 0.1) is 5.82 Å². The molecule has 0 bridgehead atoms. The summed E-state index contributed by atoms with van der Waals surface area (Å²) < 4.78 is 38.8. The van der Waals surface area contributed by atoms with E-state index in [9.17, 15) is 17.6 Å². The van der Waals surface area contributed by atoms with E-state index in [0.717, 1.165) is 24.7 Å². The van der Waals surface area contributed by atoms with Crippen LogP contribution in [0.15, 0.2) is 42.5 Å². The average molecular weight is 425 g/mol. The van der Waals surface area contributed by atoms with Crippen LogP contribution in [0.3, 0.4) is 0 Å². The highest BCUT2D eigenvalue weighted by Crippen LogP contribution is 2.32. The first kappa shape index (κ1) is 20.8. The summed E-state index contributed by atoms with van der Waals surface area (Å²) in [6.45, 7) is 0.432. The van der Waals surface area contributed by atoms with Crippen LogP contribution in [0.2, 0.25) is 5.02 Å². The zero-order valence-corrected chi connectivity index (χ0v) is 17.1. The Labute approximate surface area is 169 Å². The van der Waals surface area contributed by atoms with Crippen molar-refractivity contribution >= 4 is 27.5 Å². The maximum atomic E-state index is 14.1. The SMILES string of the molecule is CS(=O)(=O)NCCc1ccc(C(=O)N(Cc2c(F)cccc2Cl)C2CC2)cc1. The number of halogens is 2. The van der Waals surface area contributed by atoms with E-state index < -0.39 is 15.8 Å². The lowest BCUT2D eigenvalue weighted by atomic mass is 10.1. The number of sulfonamides is 1. The molecule has 1 fully saturated rings. The van der Waals surface area contributed by atoms with E-state index in [4.69, 9.17) is 11.6 Å². The molecule has 150 valence electrons. The molecule has 0 aromatic heterocycles. The predicted molar refractivity (Wildman–Crippen MR) is 107 cm³/mol. The molecule has 1 amide bonds. The Morgan fingerprint density at radius 2 is 1.89 bits per heavy atom. The van der Waals surface area contributed by atoms with Crippen molar-refractivity contribution in [3.05, 3.63) is 70.0 Å². The number of rotatable bonds is 8. The van der Waals surface area contributed by atoms with Gasteiger partial charge >= 0.3 is 0 Å². The molecule has 8 heteroatoms. The summed E-state index contributed by atoms with van der Waals surface area (Å²) in [6, 6.07) is 11.7. The molecule has 0 radical (unpaired) electrons. The Morgan fingerprint density at radius 1 is 1.21 bits per heavy atom. The summed E-state index contributed by atoms with van der Waals surface area (Å²) in [6.07, 6.45) is 3.43. The Kier molecular flexibility index (Phi) is 6.37. The number of nitrogens with one attached hydrogen (secondary N) is 1. The van der Waals surface area contributed by atoms with Gasteiger partial charge in [-0.05, 0) is 49.1 Å². The fourth-order valence-corrected chi connectivity index (χ4v) is 3.66. The predicted octanol–water partition coefficient (Wildman–Crippen LogP) is 3.38. The van der Waals surface area contributed by atoms with E-state index in [1.165, 1.54) is 6.07 Å². The quantitative estimate of drug-likeness (QED) is 0.706. The van der Waals surface area contributed by atoms with Crippen molar-refractivity contribution in [3.8, 4) is 0 Å². The molecule has 28 heavy (non-hydrogen) atoms. The fourth-order valence-electron chi connectivity index (χ4n) is 2.97. The van der Waals surface area contributed by atoms with E-state index in [1.807, 2.05) is 0 Å². The topological polar surface area (TPSA) is 66.5 Å². The fraction of sp³-hybridized carbons (Fsp3) is 0.350. The molecule has 1 saturated carbocycles. The van der Waals surface area contributed by atoms with Crippen LogP contribution in [0.5, 0.6) is 0 Å². The molecule has 0 spiro atoms. The number of amides is 1. The molecule has 5 nitrogen and oxygen atoms in total. The summed E-state index contributed by atoms with van der Waals surface area (Å²) in [5.41, 5.74) is 1.76. The summed E-state index contributed by atoms with van der Waals surface area (Å²) in [4.78, 5) is 14.6. The largest absolute Gasteiger partial charge is 0.331 e. The van der Waals surface area contributed by atoms with Gasteiger partial charge in [-0.3, -0.25) is 4.79 Å². The van der Waals surface area contributed by atoms with Gasteiger partial charge in [0.25, 0.3) is 5.91 Å². The van der Waals surface area contributed by atoms with Gasteiger partial charge in [0, 0.05) is 28.7 Å². The highest BCUT2D eigenvalue weighted by atomic mass is 35.5. The van der Waals surface area contributed by atoms with Gasteiger partial charge in [0.2, 0.25) is 10.0 Å². The van der Waals surface area contributed by atoms with E-state index >= 15 is 0 Å². The van der Waals surface area contributed by atoms with Crippen LogP contribution < -0.4 is 4.72 Å². The van der Waals surface area contributed by atoms with Crippen LogP contribution in [0.25, 0.3) is 0 Å². The lowest BCUT2D eigenvalue weighted by Crippen LogP contribution is -2.33. The van der Waals surface area contributed by atoms with Gasteiger partial charge in [-0.15, -0.1) is 0 Å². The molecule has 0 heterocycles. The van der Waals surface area contributed by atoms with E-state index in [0.29, 0.717) is 29.1 Å². The normalized spacial score (nSPS) is 14.1. The summed E-state index contributed by atoms with van der Waals surface area (Å²) in [5.74, 6) is -0.581. The Morgan fingerprint density at radius 3 is 2.46 bits per heavy atom. The Balaban J connectivity index is 1.70. The smallest absolute Gasteiger partial charge is 0.254 e. The number of carbonyl (C=O) groups excluding carboxylic acids is 1. The molecule has 0 saturated heterocycles. The number of benzene rings is 2. The van der Waals surface area contributed by atoms with Crippen molar-refractivity contribution in [1.29, 1.82) is 0 Å². The van der Waals surface area contributed by atoms with Gasteiger partial charge in [0.15, 0.2) is 0 Å². The maximum absolute atomic E-state index is 14.1. The molecule has 1 aliphatic carbocycles. The second-order valence-corrected chi connectivity index (χ2v) is 9.22. The minimum Gasteiger partial charge on any atom is -0.331 e. The van der Waals surface area contributed by atoms with Crippen molar-refractivity contribution in [2.75, 3.05) is 12.8 Å². The highest BCUT2D eigenvalue weighted by Gasteiger charge is 2.34. The number of hydrogen-bond donors (Lipinski definition) is 1. The van der Waals surface area contributed by atoms with Crippen molar-refractivity contribution in [3.63, 3.8) is 0 Å². The Bertz CT molecular complexity index is 940. The zero-order valence-electron chi connectivity index (χ0n) is 15.5. The first-order valence-corrected chi connectivity index (χ1v) is 11.3. The standard InChI is InChI=1S/C20H22ClFN2O3S/c1-28(26,27)23-12-11-14-5-7-15(8-6-14)20(25)24(16-9-10-16)13-17-18(21)3-2-4-19(17)22/h2-8,16,23H,9-13H2,1H3. The average Bonchev–Trinajstić information content (AvgIpc) is 3.45. The second-order valence-electron chi connectivity index (χ2n) is 6.98. The van der Waals surface area contributed by atoms with Gasteiger partial charge in [0.05, 0.1) is 12.8 Å². The van der Waals surface area contributed by atoms with Gasteiger partial charge < -0.3 is 4.90 Å². The molecule has 3 rings (SSSR count). The first-order chi connectivity index (χ1) is 13.2. The Hall–Kier alpha value is -1.96. The molecule has 0 aliphatic heterocycles. The summed E-state index contributed by atoms with van der Waals surface area (Å²) >= 11 is 6.12. The molecular formula is C20H22ClFN2O3S. The molecule has 2 aromatic carbocycles. The van der Waals surface area contributed by atoms with Gasteiger partial charge in [-0.1, -0.05) is 29.8 Å². The summed E-state index contributed by atoms with van der Waals surface area (Å²) in [7, 11) is -3.22.